The van der Waals surface area contributed by atoms with E-state index in [-0.39, 0.29) is 17.2 Å². The molecule has 1 aliphatic carbocycles. The van der Waals surface area contributed by atoms with E-state index in [1.807, 2.05) is 0 Å². The molecule has 1 saturated carbocycles. The van der Waals surface area contributed by atoms with E-state index in [1.165, 1.54) is 18.2 Å². The van der Waals surface area contributed by atoms with Crippen LogP contribution in [0.25, 0.3) is 0 Å². The molecular weight excluding hydrogens is 346 g/mol. The molecule has 3 rings (SSSR count). The first-order valence-corrected chi connectivity index (χ1v) is 7.91. The highest BCUT2D eigenvalue weighted by Gasteiger charge is 2.51. The summed E-state index contributed by atoms with van der Waals surface area (Å²) in [5.41, 5.74) is 4.77. The molecule has 25 heavy (non-hydrogen) atoms. The minimum Gasteiger partial charge on any atom is -0.272 e. The number of hydrogen-bond acceptors (Lipinski definition) is 4. The summed E-state index contributed by atoms with van der Waals surface area (Å²) in [6, 6.07) is 12.3. The number of rotatable bonds is 4. The minimum absolute atomic E-state index is 0.0887. The molecule has 0 radical (unpaired) electrons. The van der Waals surface area contributed by atoms with Gasteiger partial charge in [0.15, 0.2) is 0 Å². The van der Waals surface area contributed by atoms with E-state index < -0.39 is 16.2 Å². The predicted molar refractivity (Wildman–Crippen MR) is 91.1 cm³/mol. The van der Waals surface area contributed by atoms with Crippen molar-refractivity contribution in [1.82, 2.24) is 10.9 Å². The Kier molecular flexibility index (Phi) is 4.41. The van der Waals surface area contributed by atoms with Crippen molar-refractivity contribution in [2.45, 2.75) is 18.3 Å². The number of carbonyl (C=O) groups excluding carboxylic acids is 2. The van der Waals surface area contributed by atoms with Gasteiger partial charge in [-0.15, -0.1) is 0 Å². The van der Waals surface area contributed by atoms with E-state index in [4.69, 9.17) is 11.6 Å². The Balaban J connectivity index is 1.66. The Morgan fingerprint density at radius 3 is 2.36 bits per heavy atom. The van der Waals surface area contributed by atoms with Gasteiger partial charge in [-0.05, 0) is 36.6 Å². The zero-order valence-corrected chi connectivity index (χ0v) is 13.7. The Hall–Kier alpha value is -2.93. The van der Waals surface area contributed by atoms with Crippen molar-refractivity contribution in [3.63, 3.8) is 0 Å². The first kappa shape index (κ1) is 16.9. The number of halogens is 1. The van der Waals surface area contributed by atoms with E-state index in [0.29, 0.717) is 17.9 Å². The lowest BCUT2D eigenvalue weighted by atomic mass is 9.95. The summed E-state index contributed by atoms with van der Waals surface area (Å²) in [4.78, 5) is 34.7. The molecule has 0 heterocycles. The number of carbonyl (C=O) groups is 2. The van der Waals surface area contributed by atoms with Crippen LogP contribution in [0.15, 0.2) is 48.5 Å². The van der Waals surface area contributed by atoms with E-state index in [1.54, 1.807) is 24.3 Å². The highest BCUT2D eigenvalue weighted by molar-refractivity contribution is 6.30. The van der Waals surface area contributed by atoms with E-state index in [0.717, 1.165) is 11.6 Å². The van der Waals surface area contributed by atoms with Crippen LogP contribution in [0.1, 0.15) is 28.8 Å². The summed E-state index contributed by atoms with van der Waals surface area (Å²) < 4.78 is 0. The Morgan fingerprint density at radius 2 is 1.76 bits per heavy atom. The smallest absolute Gasteiger partial charge is 0.270 e. The molecule has 0 aromatic heterocycles. The van der Waals surface area contributed by atoms with Crippen molar-refractivity contribution >= 4 is 29.1 Å². The summed E-state index contributed by atoms with van der Waals surface area (Å²) in [5, 5.41) is 11.3. The highest BCUT2D eigenvalue weighted by atomic mass is 35.5. The van der Waals surface area contributed by atoms with Gasteiger partial charge in [-0.2, -0.15) is 0 Å². The fourth-order valence-electron chi connectivity index (χ4n) is 2.61. The largest absolute Gasteiger partial charge is 0.272 e. The molecule has 8 heteroatoms. The molecule has 2 aromatic rings. The Labute approximate surface area is 148 Å². The normalized spacial score (nSPS) is 14.4. The van der Waals surface area contributed by atoms with Crippen molar-refractivity contribution in [3.05, 3.63) is 74.8 Å². The minimum atomic E-state index is -0.666. The van der Waals surface area contributed by atoms with Crippen LogP contribution in [-0.4, -0.2) is 16.7 Å². The zero-order chi connectivity index (χ0) is 18.0. The van der Waals surface area contributed by atoms with Gasteiger partial charge in [0, 0.05) is 22.7 Å². The van der Waals surface area contributed by atoms with Crippen LogP contribution in [0.5, 0.6) is 0 Å². The van der Waals surface area contributed by atoms with Crippen molar-refractivity contribution in [1.29, 1.82) is 0 Å². The number of nitrogens with one attached hydrogen (secondary N) is 2. The number of nitro benzene ring substituents is 1. The molecule has 0 spiro atoms. The number of hydrazine groups is 1. The average Bonchev–Trinajstić information content (AvgIpc) is 3.42. The molecule has 2 aromatic carbocycles. The molecule has 1 fully saturated rings. The fourth-order valence-corrected chi connectivity index (χ4v) is 2.73. The molecule has 1 aliphatic rings. The van der Waals surface area contributed by atoms with Gasteiger partial charge >= 0.3 is 0 Å². The van der Waals surface area contributed by atoms with Crippen LogP contribution in [0.2, 0.25) is 5.02 Å². The second-order valence-corrected chi connectivity index (χ2v) is 6.24. The van der Waals surface area contributed by atoms with Crippen LogP contribution in [-0.2, 0) is 10.2 Å². The van der Waals surface area contributed by atoms with Crippen molar-refractivity contribution < 1.29 is 14.5 Å². The Morgan fingerprint density at radius 1 is 1.08 bits per heavy atom. The second kappa shape index (κ2) is 6.52. The number of nitro groups is 1. The van der Waals surface area contributed by atoms with Gasteiger partial charge in [0.1, 0.15) is 0 Å². The molecule has 0 aliphatic heterocycles. The summed E-state index contributed by atoms with van der Waals surface area (Å²) in [5.74, 6) is -0.947. The van der Waals surface area contributed by atoms with Gasteiger partial charge < -0.3 is 0 Å². The summed E-state index contributed by atoms with van der Waals surface area (Å²) in [7, 11) is 0. The maximum Gasteiger partial charge on any atom is 0.270 e. The number of hydrogen-bond donors (Lipinski definition) is 2. The molecule has 7 nitrogen and oxygen atoms in total. The van der Waals surface area contributed by atoms with E-state index >= 15 is 0 Å². The third-order valence-electron chi connectivity index (χ3n) is 4.19. The van der Waals surface area contributed by atoms with Crippen LogP contribution in [0, 0.1) is 10.1 Å². The van der Waals surface area contributed by atoms with Gasteiger partial charge in [-0.3, -0.25) is 30.6 Å². The molecule has 0 bridgehead atoms. The lowest BCUT2D eigenvalue weighted by molar-refractivity contribution is -0.384. The molecule has 0 atom stereocenters. The van der Waals surface area contributed by atoms with Gasteiger partial charge in [-0.1, -0.05) is 29.8 Å². The van der Waals surface area contributed by atoms with E-state index in [2.05, 4.69) is 10.9 Å². The molecular formula is C17H14ClN3O4. The summed E-state index contributed by atoms with van der Waals surface area (Å²) in [6.07, 6.45) is 1.35. The number of amides is 2. The first-order valence-electron chi connectivity index (χ1n) is 7.54. The van der Waals surface area contributed by atoms with E-state index in [9.17, 15) is 19.7 Å². The Bertz CT molecular complexity index is 847. The number of nitrogens with zero attached hydrogens (tertiary/aromatic N) is 1. The maximum atomic E-state index is 12.5. The zero-order valence-electron chi connectivity index (χ0n) is 13.0. The lowest BCUT2D eigenvalue weighted by Crippen LogP contribution is -2.46. The number of benzene rings is 2. The third kappa shape index (κ3) is 3.46. The fraction of sp³-hybridized carbons (Fsp3) is 0.176. The quantitative estimate of drug-likeness (QED) is 0.647. The van der Waals surface area contributed by atoms with Crippen LogP contribution < -0.4 is 10.9 Å². The lowest BCUT2D eigenvalue weighted by Gasteiger charge is -2.16. The van der Waals surface area contributed by atoms with Crippen LogP contribution in [0.4, 0.5) is 5.69 Å². The van der Waals surface area contributed by atoms with Crippen LogP contribution >= 0.6 is 11.6 Å². The average molecular weight is 360 g/mol. The van der Waals surface area contributed by atoms with Gasteiger partial charge in [0.05, 0.1) is 10.3 Å². The monoisotopic (exact) mass is 359 g/mol. The van der Waals surface area contributed by atoms with Gasteiger partial charge in [0.25, 0.3) is 11.6 Å². The highest BCUT2D eigenvalue weighted by Crippen LogP contribution is 2.48. The van der Waals surface area contributed by atoms with Crippen molar-refractivity contribution in [3.8, 4) is 0 Å². The van der Waals surface area contributed by atoms with Gasteiger partial charge in [0.2, 0.25) is 5.91 Å². The van der Waals surface area contributed by atoms with Crippen LogP contribution in [0.3, 0.4) is 0 Å². The maximum absolute atomic E-state index is 12.5. The molecule has 0 unspecified atom stereocenters. The van der Waals surface area contributed by atoms with Gasteiger partial charge in [-0.25, -0.2) is 0 Å². The predicted octanol–water partition coefficient (Wildman–Crippen LogP) is 2.74. The van der Waals surface area contributed by atoms with Crippen molar-refractivity contribution in [2.75, 3.05) is 0 Å². The molecule has 2 amide bonds. The number of non-ortho nitro benzene ring substituents is 1. The SMILES string of the molecule is O=C(NNC(=O)C1(c2ccc(Cl)cc2)CC1)c1cccc([N+](=O)[O-])c1. The second-order valence-electron chi connectivity index (χ2n) is 5.80. The molecule has 0 saturated heterocycles. The molecule has 128 valence electrons. The van der Waals surface area contributed by atoms with Crippen molar-refractivity contribution in [2.24, 2.45) is 0 Å². The standard InChI is InChI=1S/C17H14ClN3O4/c18-13-6-4-12(5-7-13)17(8-9-17)16(23)20-19-15(22)11-2-1-3-14(10-11)21(24)25/h1-7,10H,8-9H2,(H,19,22)(H,20,23). The topological polar surface area (TPSA) is 101 Å². The summed E-state index contributed by atoms with van der Waals surface area (Å²) >= 11 is 5.86. The summed E-state index contributed by atoms with van der Waals surface area (Å²) in [6.45, 7) is 0. The third-order valence-corrected chi connectivity index (χ3v) is 4.44. The molecule has 2 N–H and O–H groups in total. The first-order chi connectivity index (χ1) is 11.9.